The summed E-state index contributed by atoms with van der Waals surface area (Å²) < 4.78 is 30.9. The Morgan fingerprint density at radius 1 is 1.56 bits per heavy atom. The average molecular weight is 247 g/mol. The van der Waals surface area contributed by atoms with Crippen molar-refractivity contribution in [2.45, 2.75) is 25.3 Å². The molecule has 0 aliphatic carbocycles. The minimum absolute atomic E-state index is 0.0985. The maximum absolute atomic E-state index is 11.7. The minimum Gasteiger partial charge on any atom is -0.382 e. The molecule has 7 heteroatoms. The fourth-order valence-corrected chi connectivity index (χ4v) is 2.18. The van der Waals surface area contributed by atoms with Crippen molar-refractivity contribution in [3.05, 3.63) is 12.0 Å². The summed E-state index contributed by atoms with van der Waals surface area (Å²) >= 11 is 0. The number of aromatic nitrogens is 2. The van der Waals surface area contributed by atoms with Gasteiger partial charge in [-0.05, 0) is 20.3 Å². The lowest BCUT2D eigenvalue weighted by atomic mass is 10.5. The first-order valence-electron chi connectivity index (χ1n) is 5.15. The van der Waals surface area contributed by atoms with Crippen LogP contribution in [0.5, 0.6) is 0 Å². The lowest BCUT2D eigenvalue weighted by molar-refractivity contribution is 0.146. The number of nitrogens with zero attached hydrogens (tertiary/aromatic N) is 1. The van der Waals surface area contributed by atoms with Gasteiger partial charge in [0.25, 0.3) is 10.0 Å². The first kappa shape index (κ1) is 13.1. The second kappa shape index (κ2) is 5.97. The number of nitrogens with one attached hydrogen (secondary N) is 2. The average Bonchev–Trinajstić information content (AvgIpc) is 2.65. The minimum atomic E-state index is -3.45. The van der Waals surface area contributed by atoms with E-state index in [4.69, 9.17) is 4.74 Å². The van der Waals surface area contributed by atoms with Gasteiger partial charge in [0.05, 0.1) is 6.20 Å². The number of hydrogen-bond donors (Lipinski definition) is 2. The van der Waals surface area contributed by atoms with Crippen molar-refractivity contribution in [1.82, 2.24) is 14.7 Å². The van der Waals surface area contributed by atoms with Crippen LogP contribution in [0.1, 0.15) is 19.2 Å². The quantitative estimate of drug-likeness (QED) is 0.684. The maximum atomic E-state index is 11.7. The molecule has 92 valence electrons. The van der Waals surface area contributed by atoms with E-state index in [0.717, 1.165) is 0 Å². The van der Waals surface area contributed by atoms with Gasteiger partial charge in [-0.25, -0.2) is 18.1 Å². The summed E-state index contributed by atoms with van der Waals surface area (Å²) in [5, 5.41) is 0.0985. The van der Waals surface area contributed by atoms with Crippen LogP contribution in [-0.4, -0.2) is 38.1 Å². The third-order valence-electron chi connectivity index (χ3n) is 1.93. The highest BCUT2D eigenvalue weighted by Crippen LogP contribution is 2.04. The van der Waals surface area contributed by atoms with E-state index in [0.29, 0.717) is 32.0 Å². The number of imidazole rings is 1. The summed E-state index contributed by atoms with van der Waals surface area (Å²) in [7, 11) is -3.45. The Bertz CT molecular complexity index is 413. The molecule has 0 atom stereocenters. The molecular formula is C9H17N3O3S. The molecule has 0 aliphatic heterocycles. The smallest absolute Gasteiger partial charge is 0.257 e. The molecule has 0 fully saturated rings. The Morgan fingerprint density at radius 3 is 2.88 bits per heavy atom. The molecular weight excluding hydrogens is 230 g/mol. The van der Waals surface area contributed by atoms with E-state index in [1.807, 2.05) is 6.92 Å². The third-order valence-corrected chi connectivity index (χ3v) is 3.30. The van der Waals surface area contributed by atoms with Gasteiger partial charge in [0.15, 0.2) is 5.03 Å². The van der Waals surface area contributed by atoms with E-state index in [2.05, 4.69) is 14.7 Å². The van der Waals surface area contributed by atoms with Crippen molar-refractivity contribution in [2.24, 2.45) is 0 Å². The van der Waals surface area contributed by atoms with Gasteiger partial charge in [0, 0.05) is 19.8 Å². The van der Waals surface area contributed by atoms with Gasteiger partial charge < -0.3 is 9.72 Å². The molecule has 0 saturated carbocycles. The molecule has 0 amide bonds. The predicted molar refractivity (Wildman–Crippen MR) is 59.6 cm³/mol. The molecule has 1 aromatic rings. The SMILES string of the molecule is CCOCCCNS(=O)(=O)c1cnc(C)[nH]1. The van der Waals surface area contributed by atoms with Gasteiger partial charge in [-0.1, -0.05) is 0 Å². The number of H-pyrrole nitrogens is 1. The van der Waals surface area contributed by atoms with Crippen molar-refractivity contribution in [3.63, 3.8) is 0 Å². The maximum Gasteiger partial charge on any atom is 0.257 e. The Morgan fingerprint density at radius 2 is 2.31 bits per heavy atom. The van der Waals surface area contributed by atoms with Crippen LogP contribution >= 0.6 is 0 Å². The Labute approximate surface area is 95.5 Å². The molecule has 16 heavy (non-hydrogen) atoms. The van der Waals surface area contributed by atoms with E-state index in [-0.39, 0.29) is 5.03 Å². The van der Waals surface area contributed by atoms with Crippen LogP contribution in [0.25, 0.3) is 0 Å². The lowest BCUT2D eigenvalue weighted by Gasteiger charge is -2.04. The molecule has 6 nitrogen and oxygen atoms in total. The molecule has 0 radical (unpaired) electrons. The van der Waals surface area contributed by atoms with E-state index >= 15 is 0 Å². The van der Waals surface area contributed by atoms with Crippen molar-refractivity contribution in [2.75, 3.05) is 19.8 Å². The van der Waals surface area contributed by atoms with Gasteiger partial charge in [-0.15, -0.1) is 0 Å². The zero-order valence-electron chi connectivity index (χ0n) is 9.49. The van der Waals surface area contributed by atoms with Crippen LogP contribution in [0.15, 0.2) is 11.2 Å². The highest BCUT2D eigenvalue weighted by Gasteiger charge is 2.15. The molecule has 0 aromatic carbocycles. The standard InChI is InChI=1S/C9H17N3O3S/c1-3-15-6-4-5-11-16(13,14)9-7-10-8(2)12-9/h7,11H,3-6H2,1-2H3,(H,10,12). The third kappa shape index (κ3) is 3.92. The van der Waals surface area contributed by atoms with Gasteiger partial charge in [-0.3, -0.25) is 0 Å². The molecule has 0 spiro atoms. The second-order valence-electron chi connectivity index (χ2n) is 3.28. The number of aromatic amines is 1. The van der Waals surface area contributed by atoms with E-state index in [9.17, 15) is 8.42 Å². The van der Waals surface area contributed by atoms with Crippen LogP contribution in [0.3, 0.4) is 0 Å². The van der Waals surface area contributed by atoms with Crippen LogP contribution in [-0.2, 0) is 14.8 Å². The van der Waals surface area contributed by atoms with E-state index in [1.54, 1.807) is 6.92 Å². The van der Waals surface area contributed by atoms with Crippen molar-refractivity contribution in [3.8, 4) is 0 Å². The summed E-state index contributed by atoms with van der Waals surface area (Å²) in [5.74, 6) is 0.578. The largest absolute Gasteiger partial charge is 0.382 e. The number of sulfonamides is 1. The molecule has 0 saturated heterocycles. The van der Waals surface area contributed by atoms with Crippen molar-refractivity contribution < 1.29 is 13.2 Å². The van der Waals surface area contributed by atoms with Crippen LogP contribution in [0, 0.1) is 6.92 Å². The van der Waals surface area contributed by atoms with Gasteiger partial charge in [-0.2, -0.15) is 0 Å². The zero-order valence-corrected chi connectivity index (χ0v) is 10.3. The monoisotopic (exact) mass is 247 g/mol. The number of rotatable bonds is 7. The Hall–Kier alpha value is -0.920. The molecule has 1 heterocycles. The Kier molecular flexibility index (Phi) is 4.91. The molecule has 2 N–H and O–H groups in total. The number of hydrogen-bond acceptors (Lipinski definition) is 4. The first-order valence-corrected chi connectivity index (χ1v) is 6.63. The molecule has 0 unspecified atom stereocenters. The number of aryl methyl sites for hydroxylation is 1. The normalized spacial score (nSPS) is 11.9. The zero-order chi connectivity index (χ0) is 12.0. The predicted octanol–water partition coefficient (Wildman–Crippen LogP) is 0.423. The highest BCUT2D eigenvalue weighted by atomic mass is 32.2. The summed E-state index contributed by atoms with van der Waals surface area (Å²) in [4.78, 5) is 6.52. The summed E-state index contributed by atoms with van der Waals surface area (Å²) in [5.41, 5.74) is 0. The first-order chi connectivity index (χ1) is 7.56. The van der Waals surface area contributed by atoms with Crippen LogP contribution in [0.2, 0.25) is 0 Å². The molecule has 1 aromatic heterocycles. The Balaban J connectivity index is 2.41. The lowest BCUT2D eigenvalue weighted by Crippen LogP contribution is -2.25. The van der Waals surface area contributed by atoms with Gasteiger partial charge >= 0.3 is 0 Å². The summed E-state index contributed by atoms with van der Waals surface area (Å²) in [6.07, 6.45) is 1.96. The van der Waals surface area contributed by atoms with E-state index < -0.39 is 10.0 Å². The topological polar surface area (TPSA) is 84.1 Å². The molecule has 0 bridgehead atoms. The molecule has 1 rings (SSSR count). The van der Waals surface area contributed by atoms with Crippen LogP contribution < -0.4 is 4.72 Å². The van der Waals surface area contributed by atoms with Gasteiger partial charge in [0.1, 0.15) is 5.82 Å². The fourth-order valence-electron chi connectivity index (χ4n) is 1.14. The summed E-state index contributed by atoms with van der Waals surface area (Å²) in [6.45, 7) is 5.17. The van der Waals surface area contributed by atoms with E-state index in [1.165, 1.54) is 6.20 Å². The fraction of sp³-hybridized carbons (Fsp3) is 0.667. The highest BCUT2D eigenvalue weighted by molar-refractivity contribution is 7.89. The van der Waals surface area contributed by atoms with Gasteiger partial charge in [0.2, 0.25) is 0 Å². The van der Waals surface area contributed by atoms with Crippen molar-refractivity contribution >= 4 is 10.0 Å². The molecule has 0 aliphatic rings. The van der Waals surface area contributed by atoms with Crippen molar-refractivity contribution in [1.29, 1.82) is 0 Å². The summed E-state index contributed by atoms with van der Waals surface area (Å²) in [6, 6.07) is 0. The van der Waals surface area contributed by atoms with Crippen LogP contribution in [0.4, 0.5) is 0 Å². The second-order valence-corrected chi connectivity index (χ2v) is 5.02. The number of ether oxygens (including phenoxy) is 1.